The van der Waals surface area contributed by atoms with Crippen LogP contribution in [0.3, 0.4) is 0 Å². The highest BCUT2D eigenvalue weighted by atomic mass is 14.7. The van der Waals surface area contributed by atoms with Crippen LogP contribution in [0.1, 0.15) is 19.8 Å². The number of allylic oxidation sites excluding steroid dienone is 2. The molecule has 58 valence electrons. The number of nitrogens with zero attached hydrogens (tertiary/aromatic N) is 1. The van der Waals surface area contributed by atoms with Gasteiger partial charge in [0.1, 0.15) is 0 Å². The van der Waals surface area contributed by atoms with E-state index in [-0.39, 0.29) is 0 Å². The number of rotatable bonds is 1. The summed E-state index contributed by atoms with van der Waals surface area (Å²) in [7, 11) is 0. The van der Waals surface area contributed by atoms with Crippen LogP contribution in [0, 0.1) is 5.92 Å². The van der Waals surface area contributed by atoms with Gasteiger partial charge in [0.2, 0.25) is 0 Å². The van der Waals surface area contributed by atoms with Crippen LogP contribution < -0.4 is 0 Å². The van der Waals surface area contributed by atoms with E-state index in [4.69, 9.17) is 0 Å². The van der Waals surface area contributed by atoms with Crippen molar-refractivity contribution in [1.29, 1.82) is 0 Å². The van der Waals surface area contributed by atoms with Gasteiger partial charge >= 0.3 is 0 Å². The van der Waals surface area contributed by atoms with Gasteiger partial charge in [-0.15, -0.1) is 0 Å². The summed E-state index contributed by atoms with van der Waals surface area (Å²) in [6.45, 7) is 3.21. The summed E-state index contributed by atoms with van der Waals surface area (Å²) in [6, 6.07) is 0. The van der Waals surface area contributed by atoms with E-state index >= 15 is 0 Å². The van der Waals surface area contributed by atoms with Crippen LogP contribution in [0.5, 0.6) is 0 Å². The van der Waals surface area contributed by atoms with Crippen LogP contribution >= 0.6 is 0 Å². The van der Waals surface area contributed by atoms with Crippen LogP contribution in [0.15, 0.2) is 28.3 Å². The fourth-order valence-electron chi connectivity index (χ4n) is 1.48. The van der Waals surface area contributed by atoms with E-state index in [1.165, 1.54) is 12.8 Å². The molecule has 1 fully saturated rings. The molecule has 1 heterocycles. The molecule has 11 heavy (non-hydrogen) atoms. The van der Waals surface area contributed by atoms with E-state index in [1.807, 2.05) is 6.21 Å². The van der Waals surface area contributed by atoms with Gasteiger partial charge in [0, 0.05) is 18.7 Å². The highest BCUT2D eigenvalue weighted by Gasteiger charge is 2.19. The summed E-state index contributed by atoms with van der Waals surface area (Å²) in [6.07, 6.45) is 8.87. The lowest BCUT2D eigenvalue weighted by Crippen LogP contribution is -2.06. The van der Waals surface area contributed by atoms with Crippen LogP contribution in [0.4, 0.5) is 0 Å². The Labute approximate surface area is 67.5 Å². The van der Waals surface area contributed by atoms with Gasteiger partial charge < -0.3 is 0 Å². The van der Waals surface area contributed by atoms with Crippen molar-refractivity contribution in [3.63, 3.8) is 0 Å². The molecule has 1 aliphatic carbocycles. The van der Waals surface area contributed by atoms with Gasteiger partial charge in [-0.25, -0.2) is 0 Å². The summed E-state index contributed by atoms with van der Waals surface area (Å²) in [5.41, 5.74) is 3.23. The van der Waals surface area contributed by atoms with Crippen molar-refractivity contribution in [2.24, 2.45) is 10.9 Å². The van der Waals surface area contributed by atoms with Gasteiger partial charge in [-0.1, -0.05) is 17.2 Å². The van der Waals surface area contributed by atoms with Crippen molar-refractivity contribution < 1.29 is 0 Å². The number of hydrogen-bond acceptors (Lipinski definition) is 1. The van der Waals surface area contributed by atoms with Gasteiger partial charge in [-0.2, -0.15) is 0 Å². The molecule has 0 aromatic carbocycles. The molecule has 1 atom stereocenters. The summed E-state index contributed by atoms with van der Waals surface area (Å²) >= 11 is 0. The molecule has 0 amide bonds. The maximum Gasteiger partial charge on any atom is 0.0489 e. The molecule has 0 aromatic heterocycles. The SMILES string of the molecule is CC(=C1CC1)C1C=CC=NC1. The second kappa shape index (κ2) is 2.65. The first-order chi connectivity index (χ1) is 5.38. The molecule has 1 saturated carbocycles. The Morgan fingerprint density at radius 2 is 2.36 bits per heavy atom. The van der Waals surface area contributed by atoms with E-state index in [2.05, 4.69) is 24.1 Å². The highest BCUT2D eigenvalue weighted by Crippen LogP contribution is 2.35. The fourth-order valence-corrected chi connectivity index (χ4v) is 1.48. The van der Waals surface area contributed by atoms with Gasteiger partial charge in [-0.05, 0) is 25.8 Å². The van der Waals surface area contributed by atoms with Gasteiger partial charge in [0.25, 0.3) is 0 Å². The van der Waals surface area contributed by atoms with E-state index in [1.54, 1.807) is 11.1 Å². The van der Waals surface area contributed by atoms with E-state index in [0.29, 0.717) is 5.92 Å². The number of dihydropyridines is 1. The van der Waals surface area contributed by atoms with Crippen molar-refractivity contribution in [2.75, 3.05) is 6.54 Å². The second-order valence-corrected chi connectivity index (χ2v) is 3.29. The highest BCUT2D eigenvalue weighted by molar-refractivity contribution is 5.72. The zero-order valence-electron chi connectivity index (χ0n) is 6.88. The summed E-state index contributed by atoms with van der Waals surface area (Å²) in [4.78, 5) is 4.24. The summed E-state index contributed by atoms with van der Waals surface area (Å²) in [5, 5.41) is 0. The molecule has 0 radical (unpaired) electrons. The Balaban J connectivity index is 2.11. The zero-order valence-corrected chi connectivity index (χ0v) is 6.88. The quantitative estimate of drug-likeness (QED) is 0.505. The molecule has 0 spiro atoms. The predicted molar refractivity (Wildman–Crippen MR) is 47.9 cm³/mol. The minimum atomic E-state index is 0.609. The summed E-state index contributed by atoms with van der Waals surface area (Å²) in [5.74, 6) is 0.609. The minimum Gasteiger partial charge on any atom is -0.292 e. The molecule has 1 unspecified atom stereocenters. The molecular weight excluding hydrogens is 134 g/mol. The lowest BCUT2D eigenvalue weighted by Gasteiger charge is -2.12. The van der Waals surface area contributed by atoms with Crippen LogP contribution in [-0.2, 0) is 0 Å². The monoisotopic (exact) mass is 147 g/mol. The van der Waals surface area contributed by atoms with Crippen molar-refractivity contribution >= 4 is 6.21 Å². The maximum absolute atomic E-state index is 4.24. The van der Waals surface area contributed by atoms with Crippen molar-refractivity contribution in [3.05, 3.63) is 23.3 Å². The molecular formula is C10H13N. The van der Waals surface area contributed by atoms with Gasteiger partial charge in [0.15, 0.2) is 0 Å². The molecule has 2 aliphatic rings. The van der Waals surface area contributed by atoms with Gasteiger partial charge in [-0.3, -0.25) is 4.99 Å². The third-order valence-electron chi connectivity index (χ3n) is 2.45. The molecule has 0 aromatic rings. The van der Waals surface area contributed by atoms with E-state index in [0.717, 1.165) is 6.54 Å². The van der Waals surface area contributed by atoms with E-state index in [9.17, 15) is 0 Å². The fraction of sp³-hybridized carbons (Fsp3) is 0.500. The first-order valence-corrected chi connectivity index (χ1v) is 4.23. The van der Waals surface area contributed by atoms with Gasteiger partial charge in [0.05, 0.1) is 0 Å². The van der Waals surface area contributed by atoms with Crippen molar-refractivity contribution in [3.8, 4) is 0 Å². The lowest BCUT2D eigenvalue weighted by atomic mass is 9.98. The molecule has 1 nitrogen and oxygen atoms in total. The zero-order chi connectivity index (χ0) is 7.68. The third-order valence-corrected chi connectivity index (χ3v) is 2.45. The summed E-state index contributed by atoms with van der Waals surface area (Å²) < 4.78 is 0. The maximum atomic E-state index is 4.24. The number of aliphatic imine (C=N–C) groups is 1. The Hall–Kier alpha value is -0.850. The normalized spacial score (nSPS) is 27.4. The van der Waals surface area contributed by atoms with Crippen LogP contribution in [0.2, 0.25) is 0 Å². The Morgan fingerprint density at radius 3 is 2.91 bits per heavy atom. The molecule has 1 aliphatic heterocycles. The average molecular weight is 147 g/mol. The van der Waals surface area contributed by atoms with Crippen LogP contribution in [-0.4, -0.2) is 12.8 Å². The topological polar surface area (TPSA) is 12.4 Å². The van der Waals surface area contributed by atoms with Crippen molar-refractivity contribution in [1.82, 2.24) is 0 Å². The molecule has 1 heteroatoms. The third kappa shape index (κ3) is 1.42. The van der Waals surface area contributed by atoms with E-state index < -0.39 is 0 Å². The lowest BCUT2D eigenvalue weighted by molar-refractivity contribution is 0.762. The van der Waals surface area contributed by atoms with Crippen molar-refractivity contribution in [2.45, 2.75) is 19.8 Å². The Bertz CT molecular complexity index is 240. The molecule has 0 bridgehead atoms. The first kappa shape index (κ1) is 6.84. The Kier molecular flexibility index (Phi) is 1.65. The smallest absolute Gasteiger partial charge is 0.0489 e. The minimum absolute atomic E-state index is 0.609. The second-order valence-electron chi connectivity index (χ2n) is 3.29. The number of hydrogen-bond donors (Lipinski definition) is 0. The first-order valence-electron chi connectivity index (χ1n) is 4.23. The molecule has 0 N–H and O–H groups in total. The molecule has 0 saturated heterocycles. The predicted octanol–water partition coefficient (Wildman–Crippen LogP) is 2.35. The average Bonchev–Trinajstić information content (AvgIpc) is 2.87. The Morgan fingerprint density at radius 1 is 1.55 bits per heavy atom. The standard InChI is InChI=1S/C10H13N/c1-8(9-4-5-9)10-3-2-6-11-7-10/h2-3,6,10H,4-5,7H2,1H3. The largest absolute Gasteiger partial charge is 0.292 e. The molecule has 2 rings (SSSR count). The van der Waals surface area contributed by atoms with Crippen LogP contribution in [0.25, 0.3) is 0 Å².